The van der Waals surface area contributed by atoms with E-state index in [1.54, 1.807) is 0 Å². The molecule has 5 rings (SSSR count). The van der Waals surface area contributed by atoms with Crippen molar-refractivity contribution in [2.75, 3.05) is 14.1 Å². The fourth-order valence-electron chi connectivity index (χ4n) is 7.52. The van der Waals surface area contributed by atoms with Crippen LogP contribution in [-0.4, -0.2) is 41.0 Å². The van der Waals surface area contributed by atoms with Crippen LogP contribution in [0.5, 0.6) is 23.0 Å². The standard InChI is InChI=1S/C42H58N2O4Si2/c1-27-15-31(5)39-35(19-27)23-43(9)24-36-20-28(2)16-32(6)40(36)47-50(13,14)48-42-34(8)18-30(4)22-38(42)26-44(10)25-37-21-29(3)17-33(7)41(37)46-49(11,12)45-39/h15-22H,23-26H2,1-14H3. The third kappa shape index (κ3) is 9.01. The molecule has 0 saturated carbocycles. The van der Waals surface area contributed by atoms with Crippen LogP contribution >= 0.6 is 0 Å². The number of benzene rings is 4. The van der Waals surface area contributed by atoms with Gasteiger partial charge in [-0.1, -0.05) is 70.8 Å². The van der Waals surface area contributed by atoms with Gasteiger partial charge in [-0.25, -0.2) is 0 Å². The SMILES string of the molecule is Cc1cc(C)c2c(c1)CN(C)Cc1cc(C)cc(C)c1O[Si](C)(C)Oc1c(C)cc(C)cc1CN(C)Cc1cc(C)cc(C)c1O[Si](C)(C)O2. The molecular weight excluding hydrogens is 653 g/mol. The van der Waals surface area contributed by atoms with Crippen molar-refractivity contribution in [2.24, 2.45) is 0 Å². The molecule has 0 fully saturated rings. The Kier molecular flexibility index (Phi) is 11.0. The highest BCUT2D eigenvalue weighted by atomic mass is 28.4. The molecule has 0 spiro atoms. The normalized spacial score (nSPS) is 17.1. The van der Waals surface area contributed by atoms with Crippen molar-refractivity contribution >= 4 is 17.1 Å². The number of nitrogens with zero attached hydrogens (tertiary/aromatic N) is 2. The maximum atomic E-state index is 7.02. The minimum absolute atomic E-state index is 0.720. The van der Waals surface area contributed by atoms with Crippen molar-refractivity contribution in [2.45, 2.75) is 108 Å². The van der Waals surface area contributed by atoms with Crippen LogP contribution in [0.25, 0.3) is 0 Å². The maximum absolute atomic E-state index is 7.02. The van der Waals surface area contributed by atoms with E-state index in [4.69, 9.17) is 17.7 Å². The van der Waals surface area contributed by atoms with E-state index in [9.17, 15) is 0 Å². The minimum atomic E-state index is -2.73. The molecule has 0 amide bonds. The van der Waals surface area contributed by atoms with Gasteiger partial charge >= 0.3 is 17.1 Å². The van der Waals surface area contributed by atoms with E-state index in [2.05, 4.69) is 154 Å². The summed E-state index contributed by atoms with van der Waals surface area (Å²) in [5.41, 5.74) is 14.1. The summed E-state index contributed by atoms with van der Waals surface area (Å²) in [4.78, 5) is 4.71. The molecule has 0 saturated heterocycles. The monoisotopic (exact) mass is 710 g/mol. The molecule has 0 N–H and O–H groups in total. The molecule has 0 atom stereocenters. The number of hydrogen-bond donors (Lipinski definition) is 0. The zero-order chi connectivity index (χ0) is 36.7. The molecule has 268 valence electrons. The van der Waals surface area contributed by atoms with Crippen molar-refractivity contribution in [1.82, 2.24) is 9.80 Å². The van der Waals surface area contributed by atoms with Gasteiger partial charge < -0.3 is 17.7 Å². The van der Waals surface area contributed by atoms with Gasteiger partial charge in [-0.3, -0.25) is 9.80 Å². The lowest BCUT2D eigenvalue weighted by molar-refractivity contribution is 0.299. The Labute approximate surface area is 303 Å². The second kappa shape index (κ2) is 14.6. The van der Waals surface area contributed by atoms with Gasteiger partial charge in [0.2, 0.25) is 0 Å². The summed E-state index contributed by atoms with van der Waals surface area (Å²) in [7, 11) is -1.11. The van der Waals surface area contributed by atoms with Crippen LogP contribution in [0.15, 0.2) is 48.5 Å². The Hall–Kier alpha value is -3.57. The Morgan fingerprint density at radius 3 is 0.780 bits per heavy atom. The van der Waals surface area contributed by atoms with Crippen molar-refractivity contribution in [3.05, 3.63) is 115 Å². The van der Waals surface area contributed by atoms with Crippen molar-refractivity contribution in [3.63, 3.8) is 0 Å². The molecule has 1 aliphatic rings. The molecule has 4 aromatic carbocycles. The molecular formula is C42H58N2O4Si2. The quantitative estimate of drug-likeness (QED) is 0.169. The molecule has 0 unspecified atom stereocenters. The first-order chi connectivity index (χ1) is 23.3. The van der Waals surface area contributed by atoms with Crippen LogP contribution < -0.4 is 17.7 Å². The lowest BCUT2D eigenvalue weighted by Gasteiger charge is -2.32. The first-order valence-electron chi connectivity index (χ1n) is 17.8. The van der Waals surface area contributed by atoms with E-state index in [1.165, 1.54) is 22.3 Å². The van der Waals surface area contributed by atoms with E-state index in [-0.39, 0.29) is 0 Å². The number of hydrogen-bond acceptors (Lipinski definition) is 6. The van der Waals surface area contributed by atoms with E-state index < -0.39 is 17.1 Å². The third-order valence-corrected chi connectivity index (χ3v) is 11.9. The summed E-state index contributed by atoms with van der Waals surface area (Å²) >= 11 is 0. The Morgan fingerprint density at radius 1 is 0.380 bits per heavy atom. The summed E-state index contributed by atoms with van der Waals surface area (Å²) in [6.45, 7) is 28.7. The number of aryl methyl sites for hydroxylation is 8. The molecule has 1 heterocycles. The predicted octanol–water partition coefficient (Wildman–Crippen LogP) is 10.1. The smallest absolute Gasteiger partial charge is 0.454 e. The largest absolute Gasteiger partial charge is 0.512 e. The first-order valence-corrected chi connectivity index (χ1v) is 23.5. The molecule has 0 aromatic heterocycles. The van der Waals surface area contributed by atoms with Gasteiger partial charge in [0.15, 0.2) is 0 Å². The third-order valence-electron chi connectivity index (χ3n) is 9.14. The number of fused-ring (bicyclic) bond motifs is 4. The highest BCUT2D eigenvalue weighted by molar-refractivity contribution is 6.66. The van der Waals surface area contributed by atoms with Gasteiger partial charge in [-0.2, -0.15) is 0 Å². The zero-order valence-electron chi connectivity index (χ0n) is 33.0. The van der Waals surface area contributed by atoms with Crippen molar-refractivity contribution < 1.29 is 17.7 Å². The summed E-state index contributed by atoms with van der Waals surface area (Å²) < 4.78 is 28.1. The zero-order valence-corrected chi connectivity index (χ0v) is 35.0. The average Bonchev–Trinajstić information content (AvgIpc) is 2.96. The van der Waals surface area contributed by atoms with E-state index >= 15 is 0 Å². The second-order valence-corrected chi connectivity index (χ2v) is 22.2. The maximum Gasteiger partial charge on any atom is 0.454 e. The van der Waals surface area contributed by atoms with Gasteiger partial charge in [-0.15, -0.1) is 0 Å². The van der Waals surface area contributed by atoms with Gasteiger partial charge in [-0.05, 0) is 91.7 Å². The molecule has 8 heteroatoms. The highest BCUT2D eigenvalue weighted by Crippen LogP contribution is 2.36. The van der Waals surface area contributed by atoms with Crippen molar-refractivity contribution in [3.8, 4) is 23.0 Å². The minimum Gasteiger partial charge on any atom is -0.512 e. The van der Waals surface area contributed by atoms with E-state index in [0.29, 0.717) is 0 Å². The van der Waals surface area contributed by atoms with Gasteiger partial charge in [0, 0.05) is 74.6 Å². The van der Waals surface area contributed by atoms with Crippen LogP contribution in [0.1, 0.15) is 66.8 Å². The molecule has 4 aromatic rings. The molecule has 6 nitrogen and oxygen atoms in total. The lowest BCUT2D eigenvalue weighted by atomic mass is 10.0. The molecule has 1 aliphatic heterocycles. The topological polar surface area (TPSA) is 43.4 Å². The van der Waals surface area contributed by atoms with Crippen LogP contribution in [0, 0.1) is 55.4 Å². The lowest BCUT2D eigenvalue weighted by Crippen LogP contribution is -2.43. The summed E-state index contributed by atoms with van der Waals surface area (Å²) in [5.74, 6) is 3.72. The molecule has 0 bridgehead atoms. The van der Waals surface area contributed by atoms with Gasteiger partial charge in [0.05, 0.1) is 0 Å². The summed E-state index contributed by atoms with van der Waals surface area (Å²) in [6.07, 6.45) is 0. The van der Waals surface area contributed by atoms with Gasteiger partial charge in [0.1, 0.15) is 23.0 Å². The van der Waals surface area contributed by atoms with E-state index in [1.807, 2.05) is 0 Å². The number of rotatable bonds is 0. The molecule has 50 heavy (non-hydrogen) atoms. The molecule has 0 aliphatic carbocycles. The molecule has 0 radical (unpaired) electrons. The average molecular weight is 711 g/mol. The highest BCUT2D eigenvalue weighted by Gasteiger charge is 2.35. The summed E-state index contributed by atoms with van der Waals surface area (Å²) in [6, 6.07) is 17.9. The van der Waals surface area contributed by atoms with Crippen molar-refractivity contribution in [1.29, 1.82) is 0 Å². The van der Waals surface area contributed by atoms with Crippen LogP contribution in [0.4, 0.5) is 0 Å². The van der Waals surface area contributed by atoms with Crippen LogP contribution in [0.2, 0.25) is 26.2 Å². The fourth-order valence-corrected chi connectivity index (χ4v) is 10.7. The van der Waals surface area contributed by atoms with Gasteiger partial charge in [0.25, 0.3) is 0 Å². The Morgan fingerprint density at radius 2 is 0.580 bits per heavy atom. The van der Waals surface area contributed by atoms with Crippen LogP contribution in [0.3, 0.4) is 0 Å². The first kappa shape index (κ1) is 37.7. The Balaban J connectivity index is 1.66. The Bertz CT molecular complexity index is 1630. The second-order valence-electron chi connectivity index (χ2n) is 15.8. The predicted molar refractivity (Wildman–Crippen MR) is 211 cm³/mol. The fraction of sp³-hybridized carbons (Fsp3) is 0.429. The van der Waals surface area contributed by atoms with E-state index in [0.717, 1.165) is 93.7 Å². The van der Waals surface area contributed by atoms with Crippen LogP contribution in [-0.2, 0) is 26.2 Å². The summed E-state index contributed by atoms with van der Waals surface area (Å²) in [5, 5.41) is 0.